The number of benzene rings is 1. The van der Waals surface area contributed by atoms with Gasteiger partial charge in [0.25, 0.3) is 5.03 Å². The van der Waals surface area contributed by atoms with E-state index in [0.717, 1.165) is 11.8 Å². The van der Waals surface area contributed by atoms with Gasteiger partial charge in [0.15, 0.2) is 6.20 Å². The van der Waals surface area contributed by atoms with Crippen molar-refractivity contribution in [3.8, 4) is 0 Å². The highest BCUT2D eigenvalue weighted by molar-refractivity contribution is 7.99. The molecule has 1 aromatic carbocycles. The standard InChI is InChI=1S/C13H10Cl2N2O2S/c14-9-4-3-5-10(15)13(9)16-11(18)8-20-12-6-1-2-7-17(12)19/h1-7H,8H2,(H,16,18). The molecule has 0 saturated carbocycles. The number of aromatic nitrogens is 1. The minimum atomic E-state index is -0.283. The SMILES string of the molecule is O=C(CSc1cccc[n+]1[O-])Nc1c(Cl)cccc1Cl. The van der Waals surface area contributed by atoms with Crippen LogP contribution in [0.15, 0.2) is 47.6 Å². The second-order valence-electron chi connectivity index (χ2n) is 3.80. The highest BCUT2D eigenvalue weighted by Gasteiger charge is 2.12. The van der Waals surface area contributed by atoms with E-state index in [1.54, 1.807) is 36.4 Å². The summed E-state index contributed by atoms with van der Waals surface area (Å²) in [6.07, 6.45) is 1.38. The van der Waals surface area contributed by atoms with Crippen molar-refractivity contribution < 1.29 is 9.52 Å². The lowest BCUT2D eigenvalue weighted by Gasteiger charge is -2.08. The van der Waals surface area contributed by atoms with E-state index in [1.807, 2.05) is 0 Å². The molecule has 2 rings (SSSR count). The molecule has 20 heavy (non-hydrogen) atoms. The Morgan fingerprint density at radius 3 is 2.55 bits per heavy atom. The van der Waals surface area contributed by atoms with Crippen molar-refractivity contribution in [2.24, 2.45) is 0 Å². The van der Waals surface area contributed by atoms with E-state index in [4.69, 9.17) is 23.2 Å². The van der Waals surface area contributed by atoms with Gasteiger partial charge in [0, 0.05) is 12.1 Å². The maximum Gasteiger partial charge on any atom is 0.251 e. The van der Waals surface area contributed by atoms with Crippen LogP contribution in [0.25, 0.3) is 0 Å². The zero-order chi connectivity index (χ0) is 14.5. The third-order valence-electron chi connectivity index (χ3n) is 2.37. The molecule has 0 unspecified atom stereocenters. The van der Waals surface area contributed by atoms with Crippen molar-refractivity contribution in [2.75, 3.05) is 11.1 Å². The van der Waals surface area contributed by atoms with Crippen molar-refractivity contribution in [3.05, 3.63) is 57.8 Å². The Kier molecular flexibility index (Phi) is 5.11. The minimum absolute atomic E-state index is 0.0911. The van der Waals surface area contributed by atoms with Gasteiger partial charge in [-0.1, -0.05) is 29.3 Å². The molecule has 0 radical (unpaired) electrons. The first kappa shape index (κ1) is 15.0. The number of anilines is 1. The van der Waals surface area contributed by atoms with Crippen LogP contribution in [0.5, 0.6) is 0 Å². The fourth-order valence-electron chi connectivity index (χ4n) is 1.46. The Morgan fingerprint density at radius 2 is 1.90 bits per heavy atom. The Hall–Kier alpha value is -1.43. The van der Waals surface area contributed by atoms with E-state index in [0.29, 0.717) is 25.5 Å². The van der Waals surface area contributed by atoms with Crippen LogP contribution in [0.1, 0.15) is 0 Å². The Balaban J connectivity index is 1.98. The number of para-hydroxylation sites is 1. The van der Waals surface area contributed by atoms with Crippen LogP contribution in [0.3, 0.4) is 0 Å². The number of carbonyl (C=O) groups excluding carboxylic acids is 1. The molecule has 0 spiro atoms. The number of nitrogens with zero attached hydrogens (tertiary/aromatic N) is 1. The molecule has 0 aliphatic rings. The van der Waals surface area contributed by atoms with E-state index in [1.165, 1.54) is 6.20 Å². The number of carbonyl (C=O) groups is 1. The maximum atomic E-state index is 11.8. The van der Waals surface area contributed by atoms with Gasteiger partial charge in [0.05, 0.1) is 21.5 Å². The van der Waals surface area contributed by atoms with Gasteiger partial charge in [-0.05, 0) is 30.0 Å². The molecule has 1 heterocycles. The quantitative estimate of drug-likeness (QED) is 0.532. The summed E-state index contributed by atoms with van der Waals surface area (Å²) in [6, 6.07) is 9.98. The first-order chi connectivity index (χ1) is 9.58. The van der Waals surface area contributed by atoms with Gasteiger partial charge in [-0.25, -0.2) is 0 Å². The van der Waals surface area contributed by atoms with Gasteiger partial charge in [0.1, 0.15) is 0 Å². The number of hydrogen-bond donors (Lipinski definition) is 1. The van der Waals surface area contributed by atoms with E-state index < -0.39 is 0 Å². The normalized spacial score (nSPS) is 10.3. The number of halogens is 2. The molecule has 0 bridgehead atoms. The number of nitrogens with one attached hydrogen (secondary N) is 1. The lowest BCUT2D eigenvalue weighted by molar-refractivity contribution is -0.645. The predicted octanol–water partition coefficient (Wildman–Crippen LogP) is 3.36. The van der Waals surface area contributed by atoms with Crippen molar-refractivity contribution >= 4 is 46.6 Å². The predicted molar refractivity (Wildman–Crippen MR) is 81.2 cm³/mol. The molecule has 7 heteroatoms. The summed E-state index contributed by atoms with van der Waals surface area (Å²) >= 11 is 13.1. The summed E-state index contributed by atoms with van der Waals surface area (Å²) in [6.45, 7) is 0. The van der Waals surface area contributed by atoms with Gasteiger partial charge in [-0.2, -0.15) is 4.73 Å². The number of hydrogen-bond acceptors (Lipinski definition) is 3. The van der Waals surface area contributed by atoms with E-state index in [-0.39, 0.29) is 11.7 Å². The third kappa shape index (κ3) is 3.79. The summed E-state index contributed by atoms with van der Waals surface area (Å²) in [5.74, 6) is -0.192. The van der Waals surface area contributed by atoms with E-state index in [9.17, 15) is 10.0 Å². The van der Waals surface area contributed by atoms with Crippen LogP contribution in [0.4, 0.5) is 5.69 Å². The average molecular weight is 329 g/mol. The lowest BCUT2D eigenvalue weighted by Crippen LogP contribution is -2.28. The van der Waals surface area contributed by atoms with Gasteiger partial charge in [0.2, 0.25) is 5.91 Å². The summed E-state index contributed by atoms with van der Waals surface area (Å²) < 4.78 is 0.709. The molecule has 2 aromatic rings. The number of pyridine rings is 1. The molecule has 1 amide bonds. The van der Waals surface area contributed by atoms with Crippen LogP contribution in [-0.4, -0.2) is 11.7 Å². The summed E-state index contributed by atoms with van der Waals surface area (Å²) in [5, 5.41) is 15.2. The minimum Gasteiger partial charge on any atom is -0.618 e. The first-order valence-electron chi connectivity index (χ1n) is 5.63. The molecule has 1 aromatic heterocycles. The van der Waals surface area contributed by atoms with Crippen molar-refractivity contribution in [1.29, 1.82) is 0 Å². The van der Waals surface area contributed by atoms with Gasteiger partial charge < -0.3 is 10.5 Å². The molecule has 0 fully saturated rings. The number of rotatable bonds is 4. The molecule has 4 nitrogen and oxygen atoms in total. The lowest BCUT2D eigenvalue weighted by atomic mass is 10.3. The smallest absolute Gasteiger partial charge is 0.251 e. The molecule has 0 aliphatic carbocycles. The van der Waals surface area contributed by atoms with Gasteiger partial charge in [-0.15, -0.1) is 0 Å². The van der Waals surface area contributed by atoms with Crippen molar-refractivity contribution in [1.82, 2.24) is 0 Å². The molecular formula is C13H10Cl2N2O2S. The third-order valence-corrected chi connectivity index (χ3v) is 4.02. The van der Waals surface area contributed by atoms with Gasteiger partial charge in [-0.3, -0.25) is 4.79 Å². The van der Waals surface area contributed by atoms with Crippen molar-refractivity contribution in [2.45, 2.75) is 5.03 Å². The van der Waals surface area contributed by atoms with E-state index in [2.05, 4.69) is 5.32 Å². The fraction of sp³-hybridized carbons (Fsp3) is 0.0769. The zero-order valence-electron chi connectivity index (χ0n) is 10.2. The number of amides is 1. The van der Waals surface area contributed by atoms with Crippen LogP contribution in [0.2, 0.25) is 10.0 Å². The highest BCUT2D eigenvalue weighted by Crippen LogP contribution is 2.30. The first-order valence-corrected chi connectivity index (χ1v) is 7.37. The van der Waals surface area contributed by atoms with Crippen LogP contribution in [0, 0.1) is 5.21 Å². The molecule has 104 valence electrons. The van der Waals surface area contributed by atoms with E-state index >= 15 is 0 Å². The fourth-order valence-corrected chi connectivity index (χ4v) is 2.66. The Bertz CT molecular complexity index is 617. The average Bonchev–Trinajstić information content (AvgIpc) is 2.42. The van der Waals surface area contributed by atoms with Crippen LogP contribution < -0.4 is 10.0 Å². The van der Waals surface area contributed by atoms with Crippen LogP contribution in [-0.2, 0) is 4.79 Å². The monoisotopic (exact) mass is 328 g/mol. The largest absolute Gasteiger partial charge is 0.618 e. The second-order valence-corrected chi connectivity index (χ2v) is 5.61. The summed E-state index contributed by atoms with van der Waals surface area (Å²) in [7, 11) is 0. The maximum absolute atomic E-state index is 11.8. The van der Waals surface area contributed by atoms with Gasteiger partial charge >= 0.3 is 0 Å². The topological polar surface area (TPSA) is 56.0 Å². The summed E-state index contributed by atoms with van der Waals surface area (Å²) in [4.78, 5) is 11.8. The zero-order valence-corrected chi connectivity index (χ0v) is 12.5. The Labute approximate surface area is 130 Å². The Morgan fingerprint density at radius 1 is 1.20 bits per heavy atom. The highest BCUT2D eigenvalue weighted by atomic mass is 35.5. The molecule has 0 atom stereocenters. The summed E-state index contributed by atoms with van der Waals surface area (Å²) in [5.41, 5.74) is 0.379. The molecule has 0 aliphatic heterocycles. The van der Waals surface area contributed by atoms with Crippen molar-refractivity contribution in [3.63, 3.8) is 0 Å². The van der Waals surface area contributed by atoms with Crippen LogP contribution >= 0.6 is 35.0 Å². The molecule has 1 N–H and O–H groups in total. The molecular weight excluding hydrogens is 319 g/mol. The second kappa shape index (κ2) is 6.83. The number of thioether (sulfide) groups is 1. The molecule has 0 saturated heterocycles.